The van der Waals surface area contributed by atoms with Gasteiger partial charge in [0.15, 0.2) is 6.10 Å². The number of carboxylic acids is 1. The quantitative estimate of drug-likeness (QED) is 0.876. The third-order valence-electron chi connectivity index (χ3n) is 2.51. The second-order valence-electron chi connectivity index (χ2n) is 4.34. The second kappa shape index (κ2) is 5.58. The Labute approximate surface area is 112 Å². The molecule has 1 rings (SSSR count). The Morgan fingerprint density at radius 2 is 1.95 bits per heavy atom. The Hall–Kier alpha value is -1.60. The van der Waals surface area contributed by atoms with Crippen LogP contribution in [0.15, 0.2) is 23.1 Å². The summed E-state index contributed by atoms with van der Waals surface area (Å²) in [5, 5.41) is 8.82. The lowest BCUT2D eigenvalue weighted by Crippen LogP contribution is -2.26. The van der Waals surface area contributed by atoms with Crippen molar-refractivity contribution >= 4 is 16.0 Å². The summed E-state index contributed by atoms with van der Waals surface area (Å²) in [7, 11) is -0.876. The molecule has 0 bridgehead atoms. The largest absolute Gasteiger partial charge is 0.479 e. The first-order valence-corrected chi connectivity index (χ1v) is 7.03. The molecule has 1 N–H and O–H groups in total. The van der Waals surface area contributed by atoms with Crippen LogP contribution in [0.2, 0.25) is 0 Å². The molecule has 1 aromatic carbocycles. The minimum atomic E-state index is -3.69. The SMILES string of the molecule is Cc1ccc(OC(C)C(=O)O)c(S(=O)(=O)N(C)C)c1. The molecule has 0 spiro atoms. The highest BCUT2D eigenvalue weighted by Crippen LogP contribution is 2.27. The molecule has 0 fully saturated rings. The fourth-order valence-electron chi connectivity index (χ4n) is 1.35. The Balaban J connectivity index is 3.31. The number of ether oxygens (including phenoxy) is 1. The van der Waals surface area contributed by atoms with Crippen molar-refractivity contribution in [2.45, 2.75) is 24.8 Å². The molecule has 106 valence electrons. The van der Waals surface area contributed by atoms with Crippen LogP contribution in [0.3, 0.4) is 0 Å². The van der Waals surface area contributed by atoms with E-state index in [1.165, 1.54) is 33.2 Å². The zero-order valence-corrected chi connectivity index (χ0v) is 12.1. The summed E-state index contributed by atoms with van der Waals surface area (Å²) in [6, 6.07) is 4.59. The van der Waals surface area contributed by atoms with E-state index in [9.17, 15) is 13.2 Å². The summed E-state index contributed by atoms with van der Waals surface area (Å²) in [6.07, 6.45) is -1.13. The number of aliphatic carboxylic acids is 1. The molecule has 0 aromatic heterocycles. The zero-order valence-electron chi connectivity index (χ0n) is 11.2. The smallest absolute Gasteiger partial charge is 0.344 e. The molecule has 0 saturated heterocycles. The van der Waals surface area contributed by atoms with Crippen LogP contribution in [0.1, 0.15) is 12.5 Å². The van der Waals surface area contributed by atoms with Crippen molar-refractivity contribution in [2.75, 3.05) is 14.1 Å². The van der Waals surface area contributed by atoms with Gasteiger partial charge in [0, 0.05) is 14.1 Å². The summed E-state index contributed by atoms with van der Waals surface area (Å²) < 4.78 is 30.6. The van der Waals surface area contributed by atoms with E-state index in [0.29, 0.717) is 0 Å². The molecule has 19 heavy (non-hydrogen) atoms. The van der Waals surface area contributed by atoms with Crippen LogP contribution in [0.4, 0.5) is 0 Å². The van der Waals surface area contributed by atoms with Gasteiger partial charge in [0.25, 0.3) is 0 Å². The predicted molar refractivity (Wildman–Crippen MR) is 69.8 cm³/mol. The maximum Gasteiger partial charge on any atom is 0.344 e. The first-order chi connectivity index (χ1) is 8.66. The van der Waals surface area contributed by atoms with Crippen molar-refractivity contribution < 1.29 is 23.1 Å². The van der Waals surface area contributed by atoms with E-state index in [-0.39, 0.29) is 10.6 Å². The van der Waals surface area contributed by atoms with Gasteiger partial charge in [-0.25, -0.2) is 17.5 Å². The minimum absolute atomic E-state index is 0.0363. The van der Waals surface area contributed by atoms with Crippen LogP contribution >= 0.6 is 0 Å². The Bertz CT molecular complexity index is 580. The molecule has 0 aliphatic carbocycles. The third kappa shape index (κ3) is 3.45. The lowest BCUT2D eigenvalue weighted by atomic mass is 10.2. The van der Waals surface area contributed by atoms with Crippen molar-refractivity contribution in [1.29, 1.82) is 0 Å². The number of carbonyl (C=O) groups is 1. The van der Waals surface area contributed by atoms with E-state index in [1.54, 1.807) is 13.0 Å². The number of carboxylic acid groups (broad SMARTS) is 1. The Morgan fingerprint density at radius 3 is 2.42 bits per heavy atom. The van der Waals surface area contributed by atoms with Gasteiger partial charge in [-0.1, -0.05) is 6.07 Å². The number of hydrogen-bond acceptors (Lipinski definition) is 4. The van der Waals surface area contributed by atoms with Crippen molar-refractivity contribution in [3.8, 4) is 5.75 Å². The van der Waals surface area contributed by atoms with Crippen LogP contribution in [0, 0.1) is 6.92 Å². The summed E-state index contributed by atoms with van der Waals surface area (Å²) in [5.74, 6) is -1.12. The topological polar surface area (TPSA) is 83.9 Å². The van der Waals surface area contributed by atoms with Gasteiger partial charge in [0.2, 0.25) is 10.0 Å². The van der Waals surface area contributed by atoms with Gasteiger partial charge >= 0.3 is 5.97 Å². The molecule has 6 nitrogen and oxygen atoms in total. The Morgan fingerprint density at radius 1 is 1.37 bits per heavy atom. The van der Waals surface area contributed by atoms with Gasteiger partial charge in [0.05, 0.1) is 0 Å². The molecule has 0 amide bonds. The fraction of sp³-hybridized carbons (Fsp3) is 0.417. The lowest BCUT2D eigenvalue weighted by molar-refractivity contribution is -0.144. The minimum Gasteiger partial charge on any atom is -0.479 e. The van der Waals surface area contributed by atoms with E-state index in [4.69, 9.17) is 9.84 Å². The number of aryl methyl sites for hydroxylation is 1. The highest BCUT2D eigenvalue weighted by atomic mass is 32.2. The van der Waals surface area contributed by atoms with E-state index in [1.807, 2.05) is 0 Å². The van der Waals surface area contributed by atoms with Crippen molar-refractivity contribution in [3.63, 3.8) is 0 Å². The van der Waals surface area contributed by atoms with Crippen LogP contribution in [-0.2, 0) is 14.8 Å². The van der Waals surface area contributed by atoms with Gasteiger partial charge in [0.1, 0.15) is 10.6 Å². The highest BCUT2D eigenvalue weighted by molar-refractivity contribution is 7.89. The highest BCUT2D eigenvalue weighted by Gasteiger charge is 2.24. The first kappa shape index (κ1) is 15.5. The molecule has 1 aromatic rings. The number of benzene rings is 1. The molecule has 0 heterocycles. The molecule has 0 aliphatic heterocycles. The molecule has 0 saturated carbocycles. The molecule has 7 heteroatoms. The van der Waals surface area contributed by atoms with Gasteiger partial charge in [-0.15, -0.1) is 0 Å². The summed E-state index contributed by atoms with van der Waals surface area (Å²) in [5.41, 5.74) is 0.746. The van der Waals surface area contributed by atoms with Crippen molar-refractivity contribution in [2.24, 2.45) is 0 Å². The van der Waals surface area contributed by atoms with Crippen LogP contribution < -0.4 is 4.74 Å². The molecular formula is C12H17NO5S. The first-order valence-electron chi connectivity index (χ1n) is 5.59. The number of rotatable bonds is 5. The number of sulfonamides is 1. The molecule has 0 radical (unpaired) electrons. The molecule has 0 aliphatic rings. The average Bonchev–Trinajstić information content (AvgIpc) is 2.30. The van der Waals surface area contributed by atoms with E-state index in [2.05, 4.69) is 0 Å². The van der Waals surface area contributed by atoms with Crippen LogP contribution in [0.25, 0.3) is 0 Å². The fourth-order valence-corrected chi connectivity index (χ4v) is 2.45. The predicted octanol–water partition coefficient (Wildman–Crippen LogP) is 1.10. The number of hydrogen-bond donors (Lipinski definition) is 1. The summed E-state index contributed by atoms with van der Waals surface area (Å²) >= 11 is 0. The van der Waals surface area contributed by atoms with E-state index >= 15 is 0 Å². The maximum absolute atomic E-state index is 12.2. The second-order valence-corrected chi connectivity index (χ2v) is 6.46. The van der Waals surface area contributed by atoms with Gasteiger partial charge in [-0.3, -0.25) is 0 Å². The Kier molecular flexibility index (Phi) is 4.54. The summed E-state index contributed by atoms with van der Waals surface area (Å²) in [4.78, 5) is 10.7. The van der Waals surface area contributed by atoms with Gasteiger partial charge in [-0.05, 0) is 31.5 Å². The maximum atomic E-state index is 12.2. The molecule has 1 unspecified atom stereocenters. The monoisotopic (exact) mass is 287 g/mol. The van der Waals surface area contributed by atoms with Gasteiger partial charge in [-0.2, -0.15) is 0 Å². The van der Waals surface area contributed by atoms with Crippen molar-refractivity contribution in [1.82, 2.24) is 4.31 Å². The van der Waals surface area contributed by atoms with Crippen LogP contribution in [-0.4, -0.2) is 44.0 Å². The van der Waals surface area contributed by atoms with Crippen molar-refractivity contribution in [3.05, 3.63) is 23.8 Å². The normalized spacial score (nSPS) is 13.3. The molecule has 1 atom stereocenters. The van der Waals surface area contributed by atoms with E-state index in [0.717, 1.165) is 9.87 Å². The average molecular weight is 287 g/mol. The number of nitrogens with zero attached hydrogens (tertiary/aromatic N) is 1. The summed E-state index contributed by atoms with van der Waals surface area (Å²) in [6.45, 7) is 3.09. The lowest BCUT2D eigenvalue weighted by Gasteiger charge is -2.18. The van der Waals surface area contributed by atoms with Gasteiger partial charge < -0.3 is 9.84 Å². The standard InChI is InChI=1S/C12H17NO5S/c1-8-5-6-10(18-9(2)12(14)15)11(7-8)19(16,17)13(3)4/h5-7,9H,1-4H3,(H,14,15). The third-order valence-corrected chi connectivity index (χ3v) is 4.35. The molecular weight excluding hydrogens is 270 g/mol. The van der Waals surface area contributed by atoms with Crippen LogP contribution in [0.5, 0.6) is 5.75 Å². The zero-order chi connectivity index (χ0) is 14.8. The van der Waals surface area contributed by atoms with E-state index < -0.39 is 22.1 Å².